The molecule has 0 aromatic carbocycles. The van der Waals surface area contributed by atoms with E-state index in [0.717, 1.165) is 6.54 Å². The lowest BCUT2D eigenvalue weighted by Crippen LogP contribution is -2.27. The fourth-order valence-electron chi connectivity index (χ4n) is 1.67. The minimum atomic E-state index is -0.103. The van der Waals surface area contributed by atoms with Crippen LogP contribution in [0.3, 0.4) is 0 Å². The number of amides is 1. The summed E-state index contributed by atoms with van der Waals surface area (Å²) in [6.45, 7) is 3.96. The molecule has 6 nitrogen and oxygen atoms in total. The van der Waals surface area contributed by atoms with Crippen molar-refractivity contribution in [1.29, 1.82) is 0 Å². The zero-order valence-electron chi connectivity index (χ0n) is 10.8. The summed E-state index contributed by atoms with van der Waals surface area (Å²) in [5.41, 5.74) is 0.603. The van der Waals surface area contributed by atoms with Gasteiger partial charge in [-0.2, -0.15) is 5.10 Å². The molecular formula is C13H17N5O. The largest absolute Gasteiger partial charge is 0.370 e. The van der Waals surface area contributed by atoms with Gasteiger partial charge in [-0.1, -0.05) is 0 Å². The number of carbonyl (C=O) groups is 1. The van der Waals surface area contributed by atoms with E-state index in [0.29, 0.717) is 24.5 Å². The van der Waals surface area contributed by atoms with Gasteiger partial charge in [-0.25, -0.2) is 4.98 Å². The molecule has 1 amide bonds. The topological polar surface area (TPSA) is 71.8 Å². The third-order valence-electron chi connectivity index (χ3n) is 2.57. The van der Waals surface area contributed by atoms with Crippen LogP contribution in [0.5, 0.6) is 0 Å². The summed E-state index contributed by atoms with van der Waals surface area (Å²) in [5.74, 6) is 0.607. The number of hydrogen-bond acceptors (Lipinski definition) is 4. The number of aromatic nitrogens is 3. The summed E-state index contributed by atoms with van der Waals surface area (Å²) in [6, 6.07) is 5.30. The highest BCUT2D eigenvalue weighted by Crippen LogP contribution is 2.06. The van der Waals surface area contributed by atoms with Crippen LogP contribution in [-0.4, -0.2) is 33.8 Å². The number of rotatable bonds is 6. The van der Waals surface area contributed by atoms with E-state index in [2.05, 4.69) is 20.7 Å². The van der Waals surface area contributed by atoms with Gasteiger partial charge in [0.2, 0.25) is 0 Å². The average Bonchev–Trinajstić information content (AvgIpc) is 2.92. The van der Waals surface area contributed by atoms with Crippen LogP contribution in [0, 0.1) is 0 Å². The van der Waals surface area contributed by atoms with Gasteiger partial charge in [-0.3, -0.25) is 9.48 Å². The van der Waals surface area contributed by atoms with Gasteiger partial charge in [0.25, 0.3) is 5.91 Å². The van der Waals surface area contributed by atoms with E-state index in [1.165, 1.54) is 0 Å². The monoisotopic (exact) mass is 259 g/mol. The Morgan fingerprint density at radius 1 is 1.42 bits per heavy atom. The Bertz CT molecular complexity index is 524. The van der Waals surface area contributed by atoms with E-state index >= 15 is 0 Å². The first kappa shape index (κ1) is 13.1. The van der Waals surface area contributed by atoms with E-state index in [9.17, 15) is 4.79 Å². The van der Waals surface area contributed by atoms with E-state index in [4.69, 9.17) is 0 Å². The summed E-state index contributed by atoms with van der Waals surface area (Å²) in [4.78, 5) is 16.1. The van der Waals surface area contributed by atoms with Crippen LogP contribution in [0.25, 0.3) is 0 Å². The Kier molecular flexibility index (Phi) is 4.49. The Morgan fingerprint density at radius 3 is 3.05 bits per heavy atom. The van der Waals surface area contributed by atoms with E-state index in [-0.39, 0.29) is 5.91 Å². The first-order chi connectivity index (χ1) is 9.29. The average molecular weight is 259 g/mol. The first-order valence-electron chi connectivity index (χ1n) is 6.25. The molecule has 0 saturated carbocycles. The molecule has 6 heteroatoms. The molecule has 0 aliphatic rings. The second kappa shape index (κ2) is 6.53. The highest BCUT2D eigenvalue weighted by molar-refractivity contribution is 5.94. The summed E-state index contributed by atoms with van der Waals surface area (Å²) >= 11 is 0. The van der Waals surface area contributed by atoms with Crippen molar-refractivity contribution in [3.05, 3.63) is 42.4 Å². The Labute approximate surface area is 111 Å². The van der Waals surface area contributed by atoms with Crippen molar-refractivity contribution in [3.8, 4) is 0 Å². The first-order valence-corrected chi connectivity index (χ1v) is 6.25. The number of anilines is 1. The predicted molar refractivity (Wildman–Crippen MR) is 73.0 cm³/mol. The lowest BCUT2D eigenvalue weighted by atomic mass is 10.2. The molecule has 2 rings (SSSR count). The standard InChI is InChI=1S/C13H17N5O/c1-2-14-12-10-11(4-6-15-12)13(19)16-7-9-18-8-3-5-17-18/h3-6,8,10H,2,7,9H2,1H3,(H,14,15)(H,16,19). The van der Waals surface area contributed by atoms with Crippen LogP contribution in [0.4, 0.5) is 5.82 Å². The van der Waals surface area contributed by atoms with Gasteiger partial charge >= 0.3 is 0 Å². The molecule has 19 heavy (non-hydrogen) atoms. The van der Waals surface area contributed by atoms with Gasteiger partial charge in [-0.05, 0) is 25.1 Å². The smallest absolute Gasteiger partial charge is 0.251 e. The summed E-state index contributed by atoms with van der Waals surface area (Å²) in [5, 5.41) is 10.00. The van der Waals surface area contributed by atoms with Crippen LogP contribution >= 0.6 is 0 Å². The van der Waals surface area contributed by atoms with Gasteiger partial charge in [0.1, 0.15) is 5.82 Å². The van der Waals surface area contributed by atoms with Crippen LogP contribution in [0.15, 0.2) is 36.8 Å². The van der Waals surface area contributed by atoms with Crippen molar-refractivity contribution in [1.82, 2.24) is 20.1 Å². The van der Waals surface area contributed by atoms with Crippen molar-refractivity contribution in [3.63, 3.8) is 0 Å². The summed E-state index contributed by atoms with van der Waals surface area (Å²) in [6.07, 6.45) is 5.20. The van der Waals surface area contributed by atoms with E-state index in [1.807, 2.05) is 19.2 Å². The molecule has 2 N–H and O–H groups in total. The molecule has 0 spiro atoms. The molecule has 2 heterocycles. The van der Waals surface area contributed by atoms with Gasteiger partial charge in [0.15, 0.2) is 0 Å². The maximum atomic E-state index is 11.9. The number of nitrogens with zero attached hydrogens (tertiary/aromatic N) is 3. The third-order valence-corrected chi connectivity index (χ3v) is 2.57. The molecule has 0 atom stereocenters. The molecule has 100 valence electrons. The molecule has 0 unspecified atom stereocenters. The molecule has 2 aromatic heterocycles. The van der Waals surface area contributed by atoms with Crippen molar-refractivity contribution in [2.75, 3.05) is 18.4 Å². The van der Waals surface area contributed by atoms with Crippen LogP contribution < -0.4 is 10.6 Å². The second-order valence-electron chi connectivity index (χ2n) is 3.99. The van der Waals surface area contributed by atoms with Gasteiger partial charge in [-0.15, -0.1) is 0 Å². The lowest BCUT2D eigenvalue weighted by Gasteiger charge is -2.07. The predicted octanol–water partition coefficient (Wildman–Crippen LogP) is 1.14. The van der Waals surface area contributed by atoms with Gasteiger partial charge < -0.3 is 10.6 Å². The van der Waals surface area contributed by atoms with Gasteiger partial charge in [0, 0.05) is 37.2 Å². The molecule has 0 fully saturated rings. The zero-order chi connectivity index (χ0) is 13.5. The molecule has 0 aliphatic carbocycles. The fraction of sp³-hybridized carbons (Fsp3) is 0.308. The quantitative estimate of drug-likeness (QED) is 0.816. The van der Waals surface area contributed by atoms with Crippen LogP contribution in [0.2, 0.25) is 0 Å². The molecule has 0 saturated heterocycles. The minimum Gasteiger partial charge on any atom is -0.370 e. The molecule has 0 aliphatic heterocycles. The number of nitrogens with one attached hydrogen (secondary N) is 2. The number of pyridine rings is 1. The SMILES string of the molecule is CCNc1cc(C(=O)NCCn2cccn2)ccn1. The highest BCUT2D eigenvalue weighted by Gasteiger charge is 2.05. The van der Waals surface area contributed by atoms with Crippen LogP contribution in [0.1, 0.15) is 17.3 Å². The van der Waals surface area contributed by atoms with Gasteiger partial charge in [0.05, 0.1) is 6.54 Å². The normalized spacial score (nSPS) is 10.2. The Hall–Kier alpha value is -2.37. The molecule has 0 radical (unpaired) electrons. The Balaban J connectivity index is 1.87. The van der Waals surface area contributed by atoms with Crippen molar-refractivity contribution < 1.29 is 4.79 Å². The lowest BCUT2D eigenvalue weighted by molar-refractivity contribution is 0.0952. The maximum Gasteiger partial charge on any atom is 0.251 e. The second-order valence-corrected chi connectivity index (χ2v) is 3.99. The highest BCUT2D eigenvalue weighted by atomic mass is 16.1. The van der Waals surface area contributed by atoms with Crippen molar-refractivity contribution in [2.24, 2.45) is 0 Å². The van der Waals surface area contributed by atoms with E-state index in [1.54, 1.807) is 29.2 Å². The van der Waals surface area contributed by atoms with Crippen molar-refractivity contribution >= 4 is 11.7 Å². The third kappa shape index (κ3) is 3.80. The number of carbonyl (C=O) groups excluding carboxylic acids is 1. The summed E-state index contributed by atoms with van der Waals surface area (Å²) < 4.78 is 1.77. The molecule has 2 aromatic rings. The number of hydrogen-bond donors (Lipinski definition) is 2. The minimum absolute atomic E-state index is 0.103. The van der Waals surface area contributed by atoms with Crippen molar-refractivity contribution in [2.45, 2.75) is 13.5 Å². The van der Waals surface area contributed by atoms with Crippen LogP contribution in [-0.2, 0) is 6.54 Å². The molecular weight excluding hydrogens is 242 g/mol. The fourth-order valence-corrected chi connectivity index (χ4v) is 1.67. The Morgan fingerprint density at radius 2 is 2.32 bits per heavy atom. The molecule has 0 bridgehead atoms. The summed E-state index contributed by atoms with van der Waals surface area (Å²) in [7, 11) is 0. The zero-order valence-corrected chi connectivity index (χ0v) is 10.8. The van der Waals surface area contributed by atoms with E-state index < -0.39 is 0 Å². The maximum absolute atomic E-state index is 11.9.